The molecule has 0 aliphatic rings. The molecular weight excluding hydrogens is 288 g/mol. The zero-order valence-electron chi connectivity index (χ0n) is 14.0. The molecule has 0 heterocycles. The second-order valence-corrected chi connectivity index (χ2v) is 5.85. The number of carbonyl (C=O) groups is 2. The fourth-order valence-corrected chi connectivity index (χ4v) is 2.64. The topological polar surface area (TPSA) is 49.4 Å². The van der Waals surface area contributed by atoms with Crippen LogP contribution in [-0.2, 0) is 4.79 Å². The second kappa shape index (κ2) is 7.09. The quantitative estimate of drug-likeness (QED) is 0.941. The molecule has 4 heteroatoms. The molecule has 23 heavy (non-hydrogen) atoms. The van der Waals surface area contributed by atoms with E-state index in [9.17, 15) is 9.59 Å². The molecule has 2 aromatic carbocycles. The summed E-state index contributed by atoms with van der Waals surface area (Å²) in [6, 6.07) is 13.0. The predicted molar refractivity (Wildman–Crippen MR) is 92.7 cm³/mol. The monoisotopic (exact) mass is 310 g/mol. The lowest BCUT2D eigenvalue weighted by atomic mass is 10.1. The smallest absolute Gasteiger partial charge is 0.254 e. The minimum absolute atomic E-state index is 0.0144. The van der Waals surface area contributed by atoms with Crippen molar-refractivity contribution in [2.24, 2.45) is 0 Å². The number of nitrogens with zero attached hydrogens (tertiary/aromatic N) is 1. The van der Waals surface area contributed by atoms with Gasteiger partial charge in [-0.2, -0.15) is 0 Å². The van der Waals surface area contributed by atoms with Gasteiger partial charge in [-0.05, 0) is 44.0 Å². The van der Waals surface area contributed by atoms with E-state index in [1.807, 2.05) is 39.0 Å². The summed E-state index contributed by atoms with van der Waals surface area (Å²) in [7, 11) is 1.63. The van der Waals surface area contributed by atoms with Crippen molar-refractivity contribution in [2.45, 2.75) is 20.8 Å². The Hall–Kier alpha value is -2.62. The summed E-state index contributed by atoms with van der Waals surface area (Å²) in [6.45, 7) is 5.97. The third-order valence-electron chi connectivity index (χ3n) is 3.69. The summed E-state index contributed by atoms with van der Waals surface area (Å²) < 4.78 is 0. The number of carbonyl (C=O) groups excluding carboxylic acids is 2. The number of hydrogen-bond acceptors (Lipinski definition) is 2. The number of hydrogen-bond donors (Lipinski definition) is 1. The Morgan fingerprint density at radius 3 is 2.13 bits per heavy atom. The first-order chi connectivity index (χ1) is 10.9. The largest absolute Gasteiger partial charge is 0.332 e. The molecule has 120 valence electrons. The Morgan fingerprint density at radius 2 is 1.57 bits per heavy atom. The lowest BCUT2D eigenvalue weighted by molar-refractivity contribution is -0.116. The summed E-state index contributed by atoms with van der Waals surface area (Å²) in [5.41, 5.74) is 4.60. The third kappa shape index (κ3) is 4.19. The summed E-state index contributed by atoms with van der Waals surface area (Å²) in [6.07, 6.45) is 0. The van der Waals surface area contributed by atoms with Gasteiger partial charge in [-0.25, -0.2) is 0 Å². The fraction of sp³-hybridized carbons (Fsp3) is 0.263. The molecule has 0 saturated carbocycles. The van der Waals surface area contributed by atoms with Crippen molar-refractivity contribution in [3.63, 3.8) is 0 Å². The van der Waals surface area contributed by atoms with Gasteiger partial charge in [0.2, 0.25) is 5.91 Å². The zero-order valence-corrected chi connectivity index (χ0v) is 14.0. The maximum atomic E-state index is 12.3. The number of aryl methyl sites for hydroxylation is 3. The normalized spacial score (nSPS) is 10.3. The molecule has 0 aliphatic heterocycles. The number of rotatable bonds is 4. The average Bonchev–Trinajstić information content (AvgIpc) is 2.51. The average molecular weight is 310 g/mol. The second-order valence-electron chi connectivity index (χ2n) is 5.85. The Bertz CT molecular complexity index is 700. The lowest BCUT2D eigenvalue weighted by Crippen LogP contribution is -2.35. The highest BCUT2D eigenvalue weighted by Gasteiger charge is 2.15. The first-order valence-corrected chi connectivity index (χ1v) is 7.56. The van der Waals surface area contributed by atoms with Gasteiger partial charge in [-0.3, -0.25) is 9.59 Å². The first kappa shape index (κ1) is 16.7. The highest BCUT2D eigenvalue weighted by atomic mass is 16.2. The van der Waals surface area contributed by atoms with Crippen LogP contribution in [0.25, 0.3) is 0 Å². The van der Waals surface area contributed by atoms with Crippen LogP contribution in [0.4, 0.5) is 5.69 Å². The van der Waals surface area contributed by atoms with Crippen LogP contribution < -0.4 is 5.32 Å². The van der Waals surface area contributed by atoms with Crippen molar-refractivity contribution in [1.82, 2.24) is 4.90 Å². The molecule has 0 radical (unpaired) electrons. The zero-order chi connectivity index (χ0) is 17.0. The van der Waals surface area contributed by atoms with Crippen molar-refractivity contribution < 1.29 is 9.59 Å². The fourth-order valence-electron chi connectivity index (χ4n) is 2.64. The number of likely N-dealkylation sites (N-methyl/N-ethyl adjacent to an activating group) is 1. The van der Waals surface area contributed by atoms with Gasteiger partial charge < -0.3 is 10.2 Å². The maximum Gasteiger partial charge on any atom is 0.254 e. The van der Waals surface area contributed by atoms with Crippen LogP contribution in [0.1, 0.15) is 27.0 Å². The first-order valence-electron chi connectivity index (χ1n) is 7.56. The van der Waals surface area contributed by atoms with Crippen LogP contribution in [0.5, 0.6) is 0 Å². The molecule has 2 rings (SSSR count). The summed E-state index contributed by atoms with van der Waals surface area (Å²) >= 11 is 0. The molecule has 0 spiro atoms. The van der Waals surface area contributed by atoms with Crippen LogP contribution in [0.2, 0.25) is 0 Å². The highest BCUT2D eigenvalue weighted by molar-refractivity contribution is 5.99. The van der Waals surface area contributed by atoms with Gasteiger partial charge in [0.05, 0.1) is 6.54 Å². The van der Waals surface area contributed by atoms with E-state index in [1.54, 1.807) is 31.3 Å². The van der Waals surface area contributed by atoms with Gasteiger partial charge in [0.15, 0.2) is 0 Å². The lowest BCUT2D eigenvalue weighted by Gasteiger charge is -2.18. The van der Waals surface area contributed by atoms with Gasteiger partial charge in [0.1, 0.15) is 0 Å². The number of benzene rings is 2. The Morgan fingerprint density at radius 1 is 1.00 bits per heavy atom. The summed E-state index contributed by atoms with van der Waals surface area (Å²) in [5.74, 6) is -0.370. The molecule has 0 fully saturated rings. The number of nitrogens with one attached hydrogen (secondary N) is 1. The van der Waals surface area contributed by atoms with Gasteiger partial charge in [0.25, 0.3) is 5.91 Å². The van der Waals surface area contributed by atoms with Crippen LogP contribution >= 0.6 is 0 Å². The number of amides is 2. The minimum atomic E-state index is -0.202. The summed E-state index contributed by atoms with van der Waals surface area (Å²) in [5, 5.41) is 2.91. The van der Waals surface area contributed by atoms with Crippen LogP contribution in [0.3, 0.4) is 0 Å². The van der Waals surface area contributed by atoms with E-state index < -0.39 is 0 Å². The molecule has 0 saturated heterocycles. The SMILES string of the molecule is Cc1cc(C)c(NC(=O)CN(C)C(=O)c2ccccc2)c(C)c1. The molecule has 2 aromatic rings. The van der Waals surface area contributed by atoms with Crippen LogP contribution in [0, 0.1) is 20.8 Å². The van der Waals surface area contributed by atoms with Crippen LogP contribution in [-0.4, -0.2) is 30.3 Å². The van der Waals surface area contributed by atoms with Crippen molar-refractivity contribution >= 4 is 17.5 Å². The molecule has 1 N–H and O–H groups in total. The standard InChI is InChI=1S/C19H22N2O2/c1-13-10-14(2)18(15(3)11-13)20-17(22)12-21(4)19(23)16-8-6-5-7-9-16/h5-11H,12H2,1-4H3,(H,20,22). The van der Waals surface area contributed by atoms with E-state index in [1.165, 1.54) is 4.90 Å². The Labute approximate surface area is 137 Å². The van der Waals surface area contributed by atoms with E-state index in [4.69, 9.17) is 0 Å². The van der Waals surface area contributed by atoms with E-state index in [0.29, 0.717) is 5.56 Å². The van der Waals surface area contributed by atoms with Crippen molar-refractivity contribution in [2.75, 3.05) is 18.9 Å². The molecule has 0 bridgehead atoms. The molecule has 4 nitrogen and oxygen atoms in total. The molecule has 0 unspecified atom stereocenters. The molecule has 2 amide bonds. The van der Waals surface area contributed by atoms with Crippen LogP contribution in [0.15, 0.2) is 42.5 Å². The van der Waals surface area contributed by atoms with E-state index in [-0.39, 0.29) is 18.4 Å². The van der Waals surface area contributed by atoms with E-state index >= 15 is 0 Å². The highest BCUT2D eigenvalue weighted by Crippen LogP contribution is 2.21. The van der Waals surface area contributed by atoms with Crippen molar-refractivity contribution in [3.05, 3.63) is 64.7 Å². The molecule has 0 atom stereocenters. The molecule has 0 aliphatic carbocycles. The van der Waals surface area contributed by atoms with Gasteiger partial charge in [0, 0.05) is 18.3 Å². The maximum absolute atomic E-state index is 12.3. The van der Waals surface area contributed by atoms with Crippen molar-refractivity contribution in [3.8, 4) is 0 Å². The van der Waals surface area contributed by atoms with E-state index in [0.717, 1.165) is 22.4 Å². The minimum Gasteiger partial charge on any atom is -0.332 e. The van der Waals surface area contributed by atoms with Gasteiger partial charge >= 0.3 is 0 Å². The molecule has 0 aromatic heterocycles. The third-order valence-corrected chi connectivity index (χ3v) is 3.69. The Kier molecular flexibility index (Phi) is 5.16. The van der Waals surface area contributed by atoms with Crippen molar-refractivity contribution in [1.29, 1.82) is 0 Å². The van der Waals surface area contributed by atoms with E-state index in [2.05, 4.69) is 5.32 Å². The number of anilines is 1. The predicted octanol–water partition coefficient (Wildman–Crippen LogP) is 3.32. The summed E-state index contributed by atoms with van der Waals surface area (Å²) in [4.78, 5) is 25.9. The van der Waals surface area contributed by atoms with Gasteiger partial charge in [-0.1, -0.05) is 35.9 Å². The molecular formula is C19H22N2O2. The van der Waals surface area contributed by atoms with Gasteiger partial charge in [-0.15, -0.1) is 0 Å². The Balaban J connectivity index is 2.04.